The van der Waals surface area contributed by atoms with E-state index in [2.05, 4.69) is 52.0 Å². The van der Waals surface area contributed by atoms with E-state index in [0.29, 0.717) is 30.3 Å². The van der Waals surface area contributed by atoms with E-state index >= 15 is 0 Å². The Kier molecular flexibility index (Phi) is 11.2. The first-order valence-electron chi connectivity index (χ1n) is 16.6. The van der Waals surface area contributed by atoms with Crippen molar-refractivity contribution in [2.45, 2.75) is 70.0 Å². The van der Waals surface area contributed by atoms with Crippen molar-refractivity contribution in [2.24, 2.45) is 0 Å². The SMILES string of the molecule is COc1cc(N2CCC(N(C)CCN(C)CCCCCC#Cc3cccc4c3CN(C3CCC(=O)NC3=O)C4=O)CC2)ccc1N. The number of unbranched alkanes of at least 4 members (excludes halogenated alkanes) is 3. The van der Waals surface area contributed by atoms with Crippen molar-refractivity contribution >= 4 is 29.1 Å². The van der Waals surface area contributed by atoms with Gasteiger partial charge in [-0.1, -0.05) is 24.3 Å². The Morgan fingerprint density at radius 1 is 1.00 bits per heavy atom. The molecule has 2 aromatic carbocycles. The molecule has 46 heavy (non-hydrogen) atoms. The number of hydrogen-bond acceptors (Lipinski definition) is 8. The summed E-state index contributed by atoms with van der Waals surface area (Å²) in [5.74, 6) is 6.48. The molecule has 1 unspecified atom stereocenters. The molecule has 2 saturated heterocycles. The van der Waals surface area contributed by atoms with Gasteiger partial charge in [-0.25, -0.2) is 0 Å². The zero-order chi connectivity index (χ0) is 32.6. The Morgan fingerprint density at radius 2 is 1.80 bits per heavy atom. The minimum atomic E-state index is -0.610. The molecule has 3 aliphatic heterocycles. The number of carbonyl (C=O) groups is 3. The van der Waals surface area contributed by atoms with Gasteiger partial charge in [0.2, 0.25) is 11.8 Å². The lowest BCUT2D eigenvalue weighted by atomic mass is 10.0. The van der Waals surface area contributed by atoms with Gasteiger partial charge in [0.05, 0.1) is 12.8 Å². The monoisotopic (exact) mass is 628 g/mol. The highest BCUT2D eigenvalue weighted by Gasteiger charge is 2.39. The van der Waals surface area contributed by atoms with Crippen molar-refractivity contribution in [2.75, 3.05) is 64.6 Å². The van der Waals surface area contributed by atoms with Crippen molar-refractivity contribution < 1.29 is 19.1 Å². The number of imide groups is 1. The number of nitrogen functional groups attached to an aromatic ring is 1. The third kappa shape index (κ3) is 8.01. The number of nitrogens with one attached hydrogen (secondary N) is 1. The standard InChI is InChI=1S/C36H48N6O4/c1-39(22-23-40(2)27-17-20-41(21-18-27)28-13-14-31(37)33(24-28)46-3)19-8-6-4-5-7-10-26-11-9-12-29-30(26)25-42(36(29)45)32-15-16-34(43)38-35(32)44/h9,11-14,24,27,32H,4-6,8,15-23,25,37H2,1-3H3,(H,38,43,44). The van der Waals surface area contributed by atoms with E-state index in [1.54, 1.807) is 18.1 Å². The number of ether oxygens (including phenoxy) is 1. The second kappa shape index (κ2) is 15.5. The number of fused-ring (bicyclic) bond motifs is 1. The maximum atomic E-state index is 13.0. The van der Waals surface area contributed by atoms with Crippen LogP contribution < -0.4 is 20.7 Å². The smallest absolute Gasteiger partial charge is 0.255 e. The number of nitrogens with two attached hydrogens (primary N) is 1. The van der Waals surface area contributed by atoms with Crippen molar-refractivity contribution in [3.63, 3.8) is 0 Å². The molecule has 0 radical (unpaired) electrons. The number of likely N-dealkylation sites (N-methyl/N-ethyl adjacent to an activating group) is 2. The number of piperidine rings is 2. The zero-order valence-electron chi connectivity index (χ0n) is 27.5. The number of benzene rings is 2. The first-order chi connectivity index (χ1) is 22.2. The normalized spacial score (nSPS) is 18.5. The topological polar surface area (TPSA) is 111 Å². The largest absolute Gasteiger partial charge is 0.495 e. The Labute approximate surface area is 273 Å². The van der Waals surface area contributed by atoms with Gasteiger partial charge >= 0.3 is 0 Å². The van der Waals surface area contributed by atoms with Gasteiger partial charge in [-0.3, -0.25) is 19.7 Å². The molecule has 0 bridgehead atoms. The molecule has 0 aromatic heterocycles. The summed E-state index contributed by atoms with van der Waals surface area (Å²) in [5.41, 5.74) is 10.2. The van der Waals surface area contributed by atoms with Crippen molar-refractivity contribution in [1.82, 2.24) is 20.0 Å². The predicted octanol–water partition coefficient (Wildman–Crippen LogP) is 3.48. The third-order valence-electron chi connectivity index (χ3n) is 9.65. The maximum Gasteiger partial charge on any atom is 0.255 e. The van der Waals surface area contributed by atoms with Crippen LogP contribution in [0.15, 0.2) is 36.4 Å². The number of anilines is 2. The molecule has 0 saturated carbocycles. The molecule has 3 aliphatic rings. The minimum absolute atomic E-state index is 0.162. The molecule has 0 aliphatic carbocycles. The van der Waals surface area contributed by atoms with Crippen molar-refractivity contribution in [1.29, 1.82) is 0 Å². The Morgan fingerprint density at radius 3 is 2.57 bits per heavy atom. The third-order valence-corrected chi connectivity index (χ3v) is 9.65. The molecular weight excluding hydrogens is 580 g/mol. The summed E-state index contributed by atoms with van der Waals surface area (Å²) in [6.45, 7) is 5.61. The highest BCUT2D eigenvalue weighted by molar-refractivity contribution is 6.05. The summed E-state index contributed by atoms with van der Waals surface area (Å²) in [7, 11) is 6.12. The van der Waals surface area contributed by atoms with E-state index < -0.39 is 11.9 Å². The van der Waals surface area contributed by atoms with Gasteiger partial charge < -0.3 is 30.1 Å². The van der Waals surface area contributed by atoms with Crippen LogP contribution in [0.2, 0.25) is 0 Å². The zero-order valence-corrected chi connectivity index (χ0v) is 27.5. The van der Waals surface area contributed by atoms with Gasteiger partial charge in [0, 0.05) is 74.5 Å². The lowest BCUT2D eigenvalue weighted by Crippen LogP contribution is -2.52. The van der Waals surface area contributed by atoms with Gasteiger partial charge in [0.25, 0.3) is 5.91 Å². The van der Waals surface area contributed by atoms with Crippen LogP contribution in [0.25, 0.3) is 0 Å². The lowest BCUT2D eigenvalue weighted by Gasteiger charge is -2.38. The summed E-state index contributed by atoms with van der Waals surface area (Å²) in [4.78, 5) is 45.9. The number of carbonyl (C=O) groups excluding carboxylic acids is 3. The molecule has 0 spiro atoms. The fourth-order valence-corrected chi connectivity index (χ4v) is 6.72. The van der Waals surface area contributed by atoms with Crippen LogP contribution in [0.5, 0.6) is 5.75 Å². The summed E-state index contributed by atoms with van der Waals surface area (Å²) in [6, 6.07) is 11.6. The average molecular weight is 629 g/mol. The van der Waals surface area contributed by atoms with E-state index in [9.17, 15) is 14.4 Å². The van der Waals surface area contributed by atoms with Gasteiger partial charge in [0.1, 0.15) is 11.8 Å². The van der Waals surface area contributed by atoms with Crippen LogP contribution in [0.3, 0.4) is 0 Å². The lowest BCUT2D eigenvalue weighted by molar-refractivity contribution is -0.136. The van der Waals surface area contributed by atoms with Gasteiger partial charge in [0.15, 0.2) is 0 Å². The molecule has 246 valence electrons. The molecule has 10 heteroatoms. The fraction of sp³-hybridized carbons (Fsp3) is 0.528. The quantitative estimate of drug-likeness (QED) is 0.159. The molecule has 3 N–H and O–H groups in total. The van der Waals surface area contributed by atoms with E-state index in [0.717, 1.165) is 88.1 Å². The first-order valence-corrected chi connectivity index (χ1v) is 16.6. The Hall–Kier alpha value is -4.07. The van der Waals surface area contributed by atoms with E-state index in [1.807, 2.05) is 24.3 Å². The number of methoxy groups -OCH3 is 1. The molecule has 3 amide bonds. The second-order valence-corrected chi connectivity index (χ2v) is 12.8. The van der Waals surface area contributed by atoms with Crippen molar-refractivity contribution in [3.05, 3.63) is 53.1 Å². The van der Waals surface area contributed by atoms with Gasteiger partial charge in [-0.05, 0) is 82.6 Å². The molecular formula is C36H48N6O4. The van der Waals surface area contributed by atoms with Gasteiger partial charge in [-0.15, -0.1) is 0 Å². The van der Waals surface area contributed by atoms with E-state index in [1.165, 1.54) is 5.69 Å². The van der Waals surface area contributed by atoms with Crippen molar-refractivity contribution in [3.8, 4) is 17.6 Å². The Balaban J connectivity index is 0.974. The number of nitrogens with zero attached hydrogens (tertiary/aromatic N) is 4. The Bertz CT molecular complexity index is 1470. The molecule has 2 fully saturated rings. The van der Waals surface area contributed by atoms with Crippen LogP contribution in [-0.2, 0) is 16.1 Å². The molecule has 3 heterocycles. The van der Waals surface area contributed by atoms with Crippen LogP contribution in [0, 0.1) is 11.8 Å². The van der Waals surface area contributed by atoms with Crippen LogP contribution in [-0.4, -0.2) is 98.4 Å². The predicted molar refractivity (Wildman–Crippen MR) is 181 cm³/mol. The summed E-state index contributed by atoms with van der Waals surface area (Å²) in [6.07, 6.45) is 7.01. The number of hydrogen-bond donors (Lipinski definition) is 2. The highest BCUT2D eigenvalue weighted by Crippen LogP contribution is 2.31. The number of amides is 3. The highest BCUT2D eigenvalue weighted by atomic mass is 16.5. The first kappa shape index (κ1) is 33.3. The van der Waals surface area contributed by atoms with E-state index in [-0.39, 0.29) is 18.2 Å². The second-order valence-electron chi connectivity index (χ2n) is 12.8. The minimum Gasteiger partial charge on any atom is -0.495 e. The maximum absolute atomic E-state index is 13.0. The molecule has 10 nitrogen and oxygen atoms in total. The van der Waals surface area contributed by atoms with Crippen LogP contribution in [0.4, 0.5) is 11.4 Å². The summed E-state index contributed by atoms with van der Waals surface area (Å²) in [5, 5.41) is 2.36. The van der Waals surface area contributed by atoms with Crippen LogP contribution >= 0.6 is 0 Å². The molecule has 5 rings (SSSR count). The summed E-state index contributed by atoms with van der Waals surface area (Å²) >= 11 is 0. The summed E-state index contributed by atoms with van der Waals surface area (Å²) < 4.78 is 5.40. The van der Waals surface area contributed by atoms with Gasteiger partial charge in [-0.2, -0.15) is 0 Å². The number of rotatable bonds is 12. The fourth-order valence-electron chi connectivity index (χ4n) is 6.72. The van der Waals surface area contributed by atoms with Crippen LogP contribution in [0.1, 0.15) is 72.9 Å². The average Bonchev–Trinajstić information content (AvgIpc) is 3.39. The van der Waals surface area contributed by atoms with E-state index in [4.69, 9.17) is 10.5 Å². The molecule has 2 aromatic rings. The molecule has 1 atom stereocenters.